The smallest absolute Gasteiger partial charge is 0.123 e. The van der Waals surface area contributed by atoms with Gasteiger partial charge in [0.25, 0.3) is 0 Å². The summed E-state index contributed by atoms with van der Waals surface area (Å²) in [5, 5.41) is 2.42. The Bertz CT molecular complexity index is 879. The number of fused-ring (bicyclic) bond motifs is 1. The lowest BCUT2D eigenvalue weighted by Crippen LogP contribution is -2.12. The predicted octanol–water partition coefficient (Wildman–Crippen LogP) is 5.10. The van der Waals surface area contributed by atoms with E-state index in [0.717, 1.165) is 17.9 Å². The topological polar surface area (TPSA) is 44.5 Å². The fourth-order valence-corrected chi connectivity index (χ4v) is 3.22. The van der Waals surface area contributed by atoms with Gasteiger partial charge in [0.1, 0.15) is 24.7 Å². The molecular weight excluding hydrogens is 334 g/mol. The Kier molecular flexibility index (Phi) is 6.02. The molecule has 0 aromatic heterocycles. The van der Waals surface area contributed by atoms with Crippen molar-refractivity contribution in [3.05, 3.63) is 71.8 Å². The zero-order valence-electron chi connectivity index (χ0n) is 16.5. The van der Waals surface area contributed by atoms with Crippen molar-refractivity contribution < 1.29 is 9.47 Å². The lowest BCUT2D eigenvalue weighted by atomic mass is 9.87. The number of hydrogen-bond acceptors (Lipinski definition) is 3. The molecule has 0 aliphatic carbocycles. The van der Waals surface area contributed by atoms with Crippen LogP contribution in [0.25, 0.3) is 10.8 Å². The van der Waals surface area contributed by atoms with E-state index in [9.17, 15) is 0 Å². The van der Waals surface area contributed by atoms with Gasteiger partial charge >= 0.3 is 0 Å². The average molecular weight is 364 g/mol. The van der Waals surface area contributed by atoms with E-state index in [-0.39, 0.29) is 5.41 Å². The van der Waals surface area contributed by atoms with Crippen molar-refractivity contribution >= 4 is 10.8 Å². The Hall–Kier alpha value is -2.52. The van der Waals surface area contributed by atoms with Crippen molar-refractivity contribution in [3.63, 3.8) is 0 Å². The van der Waals surface area contributed by atoms with E-state index >= 15 is 0 Å². The summed E-state index contributed by atoms with van der Waals surface area (Å²) in [5.41, 5.74) is 8.43. The lowest BCUT2D eigenvalue weighted by molar-refractivity contribution is 0.216. The third kappa shape index (κ3) is 4.81. The molecule has 0 saturated carbocycles. The molecule has 3 heteroatoms. The van der Waals surface area contributed by atoms with Gasteiger partial charge in [0.05, 0.1) is 0 Å². The Morgan fingerprint density at radius 1 is 0.815 bits per heavy atom. The first-order valence-electron chi connectivity index (χ1n) is 9.56. The molecule has 0 spiro atoms. The van der Waals surface area contributed by atoms with Crippen LogP contribution < -0.4 is 15.2 Å². The normalized spacial score (nSPS) is 11.6. The van der Waals surface area contributed by atoms with Crippen molar-refractivity contribution in [1.29, 1.82) is 0 Å². The summed E-state index contributed by atoms with van der Waals surface area (Å²) in [6, 6.07) is 20.8. The van der Waals surface area contributed by atoms with Crippen LogP contribution in [0.5, 0.6) is 11.5 Å². The standard InChI is InChI=1S/C24H29NO2/c1-24(2,3)19-9-11-20(12-10-19)26-16-17-27-23-13-8-18-6-4-5-7-21(18)22(23)14-15-25/h4-13H,14-17,25H2,1-3H3. The minimum atomic E-state index is 0.150. The summed E-state index contributed by atoms with van der Waals surface area (Å²) >= 11 is 0. The van der Waals surface area contributed by atoms with Gasteiger partial charge in [-0.2, -0.15) is 0 Å². The summed E-state index contributed by atoms with van der Waals surface area (Å²) in [7, 11) is 0. The fourth-order valence-electron chi connectivity index (χ4n) is 3.22. The molecule has 27 heavy (non-hydrogen) atoms. The highest BCUT2D eigenvalue weighted by molar-refractivity contribution is 5.87. The van der Waals surface area contributed by atoms with Gasteiger partial charge in [0.2, 0.25) is 0 Å². The SMILES string of the molecule is CC(C)(C)c1ccc(OCCOc2ccc3ccccc3c2CCN)cc1. The Labute approximate surface area is 162 Å². The summed E-state index contributed by atoms with van der Waals surface area (Å²) in [5.74, 6) is 1.76. The minimum Gasteiger partial charge on any atom is -0.490 e. The summed E-state index contributed by atoms with van der Waals surface area (Å²) in [6.07, 6.45) is 0.797. The zero-order chi connectivity index (χ0) is 19.3. The molecule has 0 radical (unpaired) electrons. The second-order valence-electron chi connectivity index (χ2n) is 7.77. The molecule has 0 atom stereocenters. The number of nitrogens with two attached hydrogens (primary N) is 1. The highest BCUT2D eigenvalue weighted by Gasteiger charge is 2.13. The molecule has 0 aliphatic heterocycles. The maximum atomic E-state index is 6.02. The van der Waals surface area contributed by atoms with Gasteiger partial charge in [0.15, 0.2) is 0 Å². The van der Waals surface area contributed by atoms with E-state index in [1.807, 2.05) is 24.3 Å². The van der Waals surface area contributed by atoms with E-state index < -0.39 is 0 Å². The van der Waals surface area contributed by atoms with Gasteiger partial charge in [0, 0.05) is 5.56 Å². The van der Waals surface area contributed by atoms with Gasteiger partial charge in [-0.15, -0.1) is 0 Å². The molecule has 3 aromatic rings. The molecule has 0 fully saturated rings. The number of rotatable bonds is 7. The van der Waals surface area contributed by atoms with Crippen LogP contribution in [0, 0.1) is 0 Å². The Balaban J connectivity index is 1.61. The number of ether oxygens (including phenoxy) is 2. The molecule has 3 rings (SSSR count). The number of benzene rings is 3. The summed E-state index contributed by atoms with van der Waals surface area (Å²) < 4.78 is 11.8. The zero-order valence-corrected chi connectivity index (χ0v) is 16.5. The van der Waals surface area contributed by atoms with Crippen LogP contribution in [-0.4, -0.2) is 19.8 Å². The first-order valence-corrected chi connectivity index (χ1v) is 9.56. The lowest BCUT2D eigenvalue weighted by Gasteiger charge is -2.19. The van der Waals surface area contributed by atoms with Crippen molar-refractivity contribution in [2.24, 2.45) is 5.73 Å². The van der Waals surface area contributed by atoms with Crippen LogP contribution in [-0.2, 0) is 11.8 Å². The first kappa shape index (κ1) is 19.2. The van der Waals surface area contributed by atoms with Crippen molar-refractivity contribution in [2.75, 3.05) is 19.8 Å². The Morgan fingerprint density at radius 3 is 2.22 bits per heavy atom. The van der Waals surface area contributed by atoms with Crippen LogP contribution >= 0.6 is 0 Å². The van der Waals surface area contributed by atoms with E-state index in [1.165, 1.54) is 21.9 Å². The molecule has 3 nitrogen and oxygen atoms in total. The van der Waals surface area contributed by atoms with Crippen LogP contribution in [0.15, 0.2) is 60.7 Å². The number of hydrogen-bond donors (Lipinski definition) is 1. The molecule has 2 N–H and O–H groups in total. The van der Waals surface area contributed by atoms with E-state index in [1.54, 1.807) is 0 Å². The third-order valence-corrected chi connectivity index (χ3v) is 4.72. The quantitative estimate of drug-likeness (QED) is 0.594. The summed E-state index contributed by atoms with van der Waals surface area (Å²) in [6.45, 7) is 8.22. The van der Waals surface area contributed by atoms with Crippen LogP contribution in [0.2, 0.25) is 0 Å². The molecule has 0 unspecified atom stereocenters. The van der Waals surface area contributed by atoms with Gasteiger partial charge in [-0.05, 0) is 52.9 Å². The molecular formula is C24H29NO2. The van der Waals surface area contributed by atoms with Crippen molar-refractivity contribution in [1.82, 2.24) is 0 Å². The van der Waals surface area contributed by atoms with Gasteiger partial charge in [-0.3, -0.25) is 0 Å². The molecule has 0 saturated heterocycles. The maximum Gasteiger partial charge on any atom is 0.123 e. The Morgan fingerprint density at radius 2 is 1.52 bits per heavy atom. The van der Waals surface area contributed by atoms with Crippen molar-refractivity contribution in [2.45, 2.75) is 32.6 Å². The second-order valence-corrected chi connectivity index (χ2v) is 7.77. The maximum absolute atomic E-state index is 6.02. The predicted molar refractivity (Wildman–Crippen MR) is 113 cm³/mol. The van der Waals surface area contributed by atoms with Gasteiger partial charge in [-0.25, -0.2) is 0 Å². The van der Waals surface area contributed by atoms with E-state index in [0.29, 0.717) is 19.8 Å². The molecule has 0 bridgehead atoms. The highest BCUT2D eigenvalue weighted by atomic mass is 16.5. The largest absolute Gasteiger partial charge is 0.490 e. The fraction of sp³-hybridized carbons (Fsp3) is 0.333. The van der Waals surface area contributed by atoms with Crippen LogP contribution in [0.3, 0.4) is 0 Å². The van der Waals surface area contributed by atoms with Gasteiger partial charge in [-0.1, -0.05) is 63.2 Å². The molecule has 0 heterocycles. The van der Waals surface area contributed by atoms with Gasteiger partial charge < -0.3 is 15.2 Å². The van der Waals surface area contributed by atoms with E-state index in [4.69, 9.17) is 15.2 Å². The molecule has 0 aliphatic rings. The second kappa shape index (κ2) is 8.45. The monoisotopic (exact) mass is 363 g/mol. The molecule has 142 valence electrons. The first-order chi connectivity index (χ1) is 13.0. The van der Waals surface area contributed by atoms with Crippen LogP contribution in [0.4, 0.5) is 0 Å². The highest BCUT2D eigenvalue weighted by Crippen LogP contribution is 2.28. The third-order valence-electron chi connectivity index (χ3n) is 4.72. The molecule has 0 amide bonds. The molecule has 3 aromatic carbocycles. The average Bonchev–Trinajstić information content (AvgIpc) is 2.66. The van der Waals surface area contributed by atoms with Crippen molar-refractivity contribution in [3.8, 4) is 11.5 Å². The minimum absolute atomic E-state index is 0.150. The van der Waals surface area contributed by atoms with E-state index in [2.05, 4.69) is 57.2 Å². The van der Waals surface area contributed by atoms with Crippen LogP contribution in [0.1, 0.15) is 31.9 Å². The summed E-state index contributed by atoms with van der Waals surface area (Å²) in [4.78, 5) is 0.